The third-order valence-electron chi connectivity index (χ3n) is 5.12. The number of rotatable bonds is 2. The number of aryl methyl sites for hydroxylation is 1. The maximum atomic E-state index is 13.1. The van der Waals surface area contributed by atoms with Gasteiger partial charge in [-0.15, -0.1) is 0 Å². The van der Waals surface area contributed by atoms with E-state index in [9.17, 15) is 4.79 Å². The van der Waals surface area contributed by atoms with Crippen molar-refractivity contribution in [2.24, 2.45) is 7.05 Å². The summed E-state index contributed by atoms with van der Waals surface area (Å²) < 4.78 is 1.71. The number of piperazine rings is 1. The molecule has 1 amide bonds. The molecule has 2 aromatic heterocycles. The molecule has 24 heavy (non-hydrogen) atoms. The first-order chi connectivity index (χ1) is 11.7. The molecule has 1 unspecified atom stereocenters. The van der Waals surface area contributed by atoms with Crippen molar-refractivity contribution in [3.05, 3.63) is 36.3 Å². The molecule has 0 bridgehead atoms. The summed E-state index contributed by atoms with van der Waals surface area (Å²) in [6.45, 7) is 3.80. The third kappa shape index (κ3) is 2.82. The van der Waals surface area contributed by atoms with Crippen LogP contribution in [0, 0.1) is 0 Å². The number of fused-ring (bicyclic) bond motifs is 1. The predicted octanol–water partition coefficient (Wildman–Crippen LogP) is 1.79. The number of nitrogens with zero attached hydrogens (tertiary/aromatic N) is 5. The quantitative estimate of drug-likeness (QED) is 0.845. The van der Waals surface area contributed by atoms with Gasteiger partial charge in [-0.25, -0.2) is 0 Å². The minimum atomic E-state index is 0.0900. The summed E-state index contributed by atoms with van der Waals surface area (Å²) in [7, 11) is 1.86. The molecule has 0 spiro atoms. The lowest BCUT2D eigenvalue weighted by Gasteiger charge is -2.44. The molecule has 0 aliphatic carbocycles. The Morgan fingerprint density at radius 3 is 3.00 bits per heavy atom. The van der Waals surface area contributed by atoms with E-state index in [0.29, 0.717) is 11.6 Å². The summed E-state index contributed by atoms with van der Waals surface area (Å²) in [5.74, 6) is 0.0900. The van der Waals surface area contributed by atoms with Crippen LogP contribution in [0.15, 0.2) is 30.7 Å². The fraction of sp³-hybridized carbons (Fsp3) is 0.500. The molecule has 2 saturated heterocycles. The summed E-state index contributed by atoms with van der Waals surface area (Å²) in [5.41, 5.74) is 2.29. The summed E-state index contributed by atoms with van der Waals surface area (Å²) in [4.78, 5) is 21.8. The number of piperidine rings is 1. The van der Waals surface area contributed by atoms with Gasteiger partial charge in [0.1, 0.15) is 5.69 Å². The zero-order chi connectivity index (χ0) is 16.5. The number of amides is 1. The Labute approximate surface area is 142 Å². The molecular formula is C18H23N5O. The summed E-state index contributed by atoms with van der Waals surface area (Å²) in [6.07, 6.45) is 9.09. The van der Waals surface area contributed by atoms with E-state index in [1.807, 2.05) is 30.3 Å². The van der Waals surface area contributed by atoms with Crippen molar-refractivity contribution >= 4 is 5.91 Å². The Balaban J connectivity index is 1.59. The largest absolute Gasteiger partial charge is 0.336 e. The molecule has 4 heterocycles. The zero-order valence-electron chi connectivity index (χ0n) is 14.1. The van der Waals surface area contributed by atoms with E-state index in [1.54, 1.807) is 17.1 Å². The molecule has 4 rings (SSSR count). The molecule has 0 N–H and O–H groups in total. The number of carbonyl (C=O) groups excluding carboxylic acids is 1. The summed E-state index contributed by atoms with van der Waals surface area (Å²) in [6, 6.07) is 4.35. The standard InChI is InChI=1S/C18H23N5O/c1-21-13-16(17(20-21)14-5-4-7-19-11-14)18(24)23-10-9-22-8-3-2-6-15(22)12-23/h4-5,7,11,13,15H,2-3,6,8-10,12H2,1H3. The van der Waals surface area contributed by atoms with Gasteiger partial charge in [-0.1, -0.05) is 6.42 Å². The van der Waals surface area contributed by atoms with Gasteiger partial charge in [0.25, 0.3) is 5.91 Å². The molecule has 2 aliphatic heterocycles. The SMILES string of the molecule is Cn1cc(C(=O)N2CCN3CCCCC3C2)c(-c2cccnc2)n1. The van der Waals surface area contributed by atoms with Crippen LogP contribution in [-0.4, -0.2) is 62.7 Å². The third-order valence-corrected chi connectivity index (χ3v) is 5.12. The smallest absolute Gasteiger partial charge is 0.257 e. The minimum Gasteiger partial charge on any atom is -0.336 e. The van der Waals surface area contributed by atoms with Crippen molar-refractivity contribution in [3.63, 3.8) is 0 Å². The monoisotopic (exact) mass is 325 g/mol. The second-order valence-corrected chi connectivity index (χ2v) is 6.74. The van der Waals surface area contributed by atoms with Crippen molar-refractivity contribution in [2.75, 3.05) is 26.2 Å². The first-order valence-corrected chi connectivity index (χ1v) is 8.70. The predicted molar refractivity (Wildman–Crippen MR) is 91.6 cm³/mol. The number of hydrogen-bond donors (Lipinski definition) is 0. The van der Waals surface area contributed by atoms with Crippen molar-refractivity contribution in [3.8, 4) is 11.3 Å². The first-order valence-electron chi connectivity index (χ1n) is 8.70. The molecule has 2 fully saturated rings. The maximum Gasteiger partial charge on any atom is 0.257 e. The van der Waals surface area contributed by atoms with E-state index in [1.165, 1.54) is 25.8 Å². The highest BCUT2D eigenvalue weighted by Gasteiger charge is 2.32. The van der Waals surface area contributed by atoms with Crippen molar-refractivity contribution in [1.29, 1.82) is 0 Å². The highest BCUT2D eigenvalue weighted by Crippen LogP contribution is 2.25. The van der Waals surface area contributed by atoms with E-state index in [4.69, 9.17) is 0 Å². The Kier molecular flexibility index (Phi) is 4.06. The zero-order valence-corrected chi connectivity index (χ0v) is 14.1. The van der Waals surface area contributed by atoms with Crippen LogP contribution in [0.25, 0.3) is 11.3 Å². The van der Waals surface area contributed by atoms with Gasteiger partial charge in [0, 0.05) is 56.9 Å². The van der Waals surface area contributed by atoms with Gasteiger partial charge in [-0.3, -0.25) is 19.4 Å². The molecule has 126 valence electrons. The first kappa shape index (κ1) is 15.3. The molecule has 2 aliphatic rings. The van der Waals surface area contributed by atoms with Crippen molar-refractivity contribution in [1.82, 2.24) is 24.6 Å². The van der Waals surface area contributed by atoms with Gasteiger partial charge in [0.15, 0.2) is 0 Å². The van der Waals surface area contributed by atoms with E-state index in [-0.39, 0.29) is 5.91 Å². The second kappa shape index (κ2) is 6.36. The highest BCUT2D eigenvalue weighted by molar-refractivity contribution is 5.99. The summed E-state index contributed by atoms with van der Waals surface area (Å²) >= 11 is 0. The number of pyridine rings is 1. The Hall–Kier alpha value is -2.21. The van der Waals surface area contributed by atoms with Crippen LogP contribution in [0.1, 0.15) is 29.6 Å². The van der Waals surface area contributed by atoms with Crippen LogP contribution in [0.2, 0.25) is 0 Å². The number of aromatic nitrogens is 3. The van der Waals surface area contributed by atoms with Crippen LogP contribution >= 0.6 is 0 Å². The van der Waals surface area contributed by atoms with Gasteiger partial charge in [0.2, 0.25) is 0 Å². The van der Waals surface area contributed by atoms with Crippen molar-refractivity contribution in [2.45, 2.75) is 25.3 Å². The summed E-state index contributed by atoms with van der Waals surface area (Å²) in [5, 5.41) is 4.50. The van der Waals surface area contributed by atoms with Gasteiger partial charge in [-0.2, -0.15) is 5.10 Å². The van der Waals surface area contributed by atoms with Gasteiger partial charge < -0.3 is 4.90 Å². The van der Waals surface area contributed by atoms with Crippen molar-refractivity contribution < 1.29 is 4.79 Å². The normalized spacial score (nSPS) is 21.5. The Bertz CT molecular complexity index is 726. The molecular weight excluding hydrogens is 302 g/mol. The second-order valence-electron chi connectivity index (χ2n) is 6.74. The lowest BCUT2D eigenvalue weighted by Crippen LogP contribution is -2.56. The Morgan fingerprint density at radius 1 is 1.25 bits per heavy atom. The molecule has 6 nitrogen and oxygen atoms in total. The van der Waals surface area contributed by atoms with Crippen LogP contribution in [0.3, 0.4) is 0 Å². The van der Waals surface area contributed by atoms with E-state index < -0.39 is 0 Å². The number of hydrogen-bond acceptors (Lipinski definition) is 4. The average Bonchev–Trinajstić information content (AvgIpc) is 3.03. The minimum absolute atomic E-state index is 0.0900. The fourth-order valence-corrected chi connectivity index (χ4v) is 3.87. The molecule has 0 saturated carbocycles. The lowest BCUT2D eigenvalue weighted by atomic mass is 9.99. The van der Waals surface area contributed by atoms with E-state index in [2.05, 4.69) is 15.0 Å². The molecule has 6 heteroatoms. The molecule has 0 radical (unpaired) electrons. The van der Waals surface area contributed by atoms with Crippen LogP contribution in [-0.2, 0) is 7.05 Å². The molecule has 0 aromatic carbocycles. The van der Waals surface area contributed by atoms with Crippen LogP contribution in [0.5, 0.6) is 0 Å². The van der Waals surface area contributed by atoms with E-state index in [0.717, 1.165) is 30.9 Å². The molecule has 2 aromatic rings. The van der Waals surface area contributed by atoms with Gasteiger partial charge >= 0.3 is 0 Å². The lowest BCUT2D eigenvalue weighted by molar-refractivity contribution is 0.0373. The average molecular weight is 325 g/mol. The van der Waals surface area contributed by atoms with E-state index >= 15 is 0 Å². The highest BCUT2D eigenvalue weighted by atomic mass is 16.2. The van der Waals surface area contributed by atoms with Gasteiger partial charge in [0.05, 0.1) is 5.56 Å². The fourth-order valence-electron chi connectivity index (χ4n) is 3.87. The number of carbonyl (C=O) groups is 1. The molecule has 1 atom stereocenters. The topological polar surface area (TPSA) is 54.3 Å². The van der Waals surface area contributed by atoms with Gasteiger partial charge in [-0.05, 0) is 31.5 Å². The Morgan fingerprint density at radius 2 is 2.17 bits per heavy atom. The van der Waals surface area contributed by atoms with Crippen LogP contribution < -0.4 is 0 Å². The maximum absolute atomic E-state index is 13.1. The van der Waals surface area contributed by atoms with Crippen LogP contribution in [0.4, 0.5) is 0 Å².